The summed E-state index contributed by atoms with van der Waals surface area (Å²) in [5.74, 6) is -0.344. The number of carbonyl (C=O) groups is 2. The standard InChI is InChI=1S/C13H21N3O3S/c1-6-19-13(18)15-10(7(2)3)11(17)16-12-14-8(4)9(5)20-12/h7,10H,6H2,1-5H3,(H,15,18)(H,14,16,17). The minimum atomic E-state index is -0.654. The number of amides is 2. The number of nitrogens with zero attached hydrogens (tertiary/aromatic N) is 1. The second kappa shape index (κ2) is 7.23. The largest absolute Gasteiger partial charge is 0.450 e. The van der Waals surface area contributed by atoms with Crippen LogP contribution in [0, 0.1) is 19.8 Å². The van der Waals surface area contributed by atoms with Crippen LogP contribution in [0.2, 0.25) is 0 Å². The number of ether oxygens (including phenoxy) is 1. The zero-order chi connectivity index (χ0) is 15.3. The van der Waals surface area contributed by atoms with Gasteiger partial charge >= 0.3 is 6.09 Å². The highest BCUT2D eigenvalue weighted by molar-refractivity contribution is 7.15. The highest BCUT2D eigenvalue weighted by Crippen LogP contribution is 2.21. The molecule has 7 heteroatoms. The number of carbonyl (C=O) groups excluding carboxylic acids is 2. The van der Waals surface area contributed by atoms with E-state index in [0.29, 0.717) is 5.13 Å². The van der Waals surface area contributed by atoms with Gasteiger partial charge in [0.05, 0.1) is 12.3 Å². The van der Waals surface area contributed by atoms with Gasteiger partial charge in [-0.3, -0.25) is 4.79 Å². The maximum absolute atomic E-state index is 12.2. The lowest BCUT2D eigenvalue weighted by molar-refractivity contribution is -0.119. The lowest BCUT2D eigenvalue weighted by Gasteiger charge is -2.20. The van der Waals surface area contributed by atoms with Crippen molar-refractivity contribution in [2.75, 3.05) is 11.9 Å². The molecular weight excluding hydrogens is 278 g/mol. The Morgan fingerprint density at radius 3 is 2.45 bits per heavy atom. The molecule has 1 aromatic rings. The van der Waals surface area contributed by atoms with Gasteiger partial charge in [0, 0.05) is 4.88 Å². The molecule has 1 heterocycles. The molecule has 6 nitrogen and oxygen atoms in total. The van der Waals surface area contributed by atoms with E-state index in [1.54, 1.807) is 6.92 Å². The van der Waals surface area contributed by atoms with E-state index < -0.39 is 12.1 Å². The van der Waals surface area contributed by atoms with Crippen LogP contribution in [0.4, 0.5) is 9.93 Å². The first-order chi connectivity index (χ1) is 9.35. The Bertz CT molecular complexity index is 466. The van der Waals surface area contributed by atoms with Gasteiger partial charge in [0.25, 0.3) is 0 Å². The SMILES string of the molecule is CCOC(=O)NC(C(=O)Nc1nc(C)c(C)s1)C(C)C. The molecule has 1 atom stereocenters. The van der Waals surface area contributed by atoms with Crippen LogP contribution in [-0.2, 0) is 9.53 Å². The third-order valence-electron chi connectivity index (χ3n) is 2.76. The number of alkyl carbamates (subject to hydrolysis) is 1. The van der Waals surface area contributed by atoms with Gasteiger partial charge in [0.1, 0.15) is 6.04 Å². The summed E-state index contributed by atoms with van der Waals surface area (Å²) in [5.41, 5.74) is 0.893. The summed E-state index contributed by atoms with van der Waals surface area (Å²) in [6.45, 7) is 9.52. The van der Waals surface area contributed by atoms with Crippen molar-refractivity contribution < 1.29 is 14.3 Å². The molecule has 0 bridgehead atoms. The number of anilines is 1. The average Bonchev–Trinajstić information content (AvgIpc) is 2.65. The average molecular weight is 299 g/mol. The van der Waals surface area contributed by atoms with Crippen LogP contribution in [-0.4, -0.2) is 29.6 Å². The normalized spacial score (nSPS) is 12.1. The molecule has 0 saturated carbocycles. The molecule has 1 aromatic heterocycles. The zero-order valence-electron chi connectivity index (χ0n) is 12.4. The van der Waals surface area contributed by atoms with Crippen LogP contribution in [0.15, 0.2) is 0 Å². The van der Waals surface area contributed by atoms with E-state index in [0.717, 1.165) is 10.6 Å². The fourth-order valence-electron chi connectivity index (χ4n) is 1.54. The maximum Gasteiger partial charge on any atom is 0.407 e. The van der Waals surface area contributed by atoms with Gasteiger partial charge < -0.3 is 15.4 Å². The van der Waals surface area contributed by atoms with Crippen molar-refractivity contribution in [2.45, 2.75) is 40.7 Å². The van der Waals surface area contributed by atoms with Gasteiger partial charge in [-0.25, -0.2) is 9.78 Å². The van der Waals surface area contributed by atoms with Gasteiger partial charge in [0.2, 0.25) is 5.91 Å². The highest BCUT2D eigenvalue weighted by Gasteiger charge is 2.25. The Morgan fingerprint density at radius 1 is 1.35 bits per heavy atom. The Labute approximate surface area is 122 Å². The molecule has 1 rings (SSSR count). The van der Waals surface area contributed by atoms with Crippen molar-refractivity contribution in [1.82, 2.24) is 10.3 Å². The zero-order valence-corrected chi connectivity index (χ0v) is 13.3. The van der Waals surface area contributed by atoms with Gasteiger partial charge in [-0.15, -0.1) is 11.3 Å². The second-order valence-electron chi connectivity index (χ2n) is 4.74. The van der Waals surface area contributed by atoms with Crippen LogP contribution in [0.1, 0.15) is 31.3 Å². The predicted molar refractivity (Wildman–Crippen MR) is 79.0 cm³/mol. The monoisotopic (exact) mass is 299 g/mol. The van der Waals surface area contributed by atoms with Gasteiger partial charge in [0.15, 0.2) is 5.13 Å². The Kier molecular flexibility index (Phi) is 5.94. The van der Waals surface area contributed by atoms with Gasteiger partial charge in [-0.1, -0.05) is 13.8 Å². The third kappa shape index (κ3) is 4.48. The molecule has 0 aliphatic heterocycles. The number of hydrogen-bond donors (Lipinski definition) is 2. The first-order valence-electron chi connectivity index (χ1n) is 6.53. The number of thiazole rings is 1. The van der Waals surface area contributed by atoms with E-state index in [1.807, 2.05) is 27.7 Å². The number of nitrogens with one attached hydrogen (secondary N) is 2. The summed E-state index contributed by atoms with van der Waals surface area (Å²) in [5, 5.41) is 5.84. The molecule has 0 radical (unpaired) electrons. The van der Waals surface area contributed by atoms with Crippen LogP contribution < -0.4 is 10.6 Å². The van der Waals surface area contributed by atoms with Crippen molar-refractivity contribution in [2.24, 2.45) is 5.92 Å². The molecular formula is C13H21N3O3S. The molecule has 0 aliphatic rings. The highest BCUT2D eigenvalue weighted by atomic mass is 32.1. The number of hydrogen-bond acceptors (Lipinski definition) is 5. The summed E-state index contributed by atoms with van der Waals surface area (Å²) >= 11 is 1.41. The topological polar surface area (TPSA) is 80.3 Å². The van der Waals surface area contributed by atoms with E-state index in [-0.39, 0.29) is 18.4 Å². The first kappa shape index (κ1) is 16.4. The molecule has 112 valence electrons. The molecule has 0 aromatic carbocycles. The molecule has 0 aliphatic carbocycles. The van der Waals surface area contributed by atoms with Gasteiger partial charge in [-0.05, 0) is 26.7 Å². The van der Waals surface area contributed by atoms with Crippen LogP contribution >= 0.6 is 11.3 Å². The van der Waals surface area contributed by atoms with Crippen molar-refractivity contribution in [3.63, 3.8) is 0 Å². The summed E-state index contributed by atoms with van der Waals surface area (Å²) in [4.78, 5) is 29.0. The van der Waals surface area contributed by atoms with Crippen molar-refractivity contribution in [3.8, 4) is 0 Å². The molecule has 0 fully saturated rings. The minimum Gasteiger partial charge on any atom is -0.450 e. The molecule has 2 amide bonds. The summed E-state index contributed by atoms with van der Waals surface area (Å²) in [6, 6.07) is -0.654. The van der Waals surface area contributed by atoms with Crippen molar-refractivity contribution >= 4 is 28.5 Å². The molecule has 0 spiro atoms. The fraction of sp³-hybridized carbons (Fsp3) is 0.615. The quantitative estimate of drug-likeness (QED) is 0.875. The van der Waals surface area contributed by atoms with E-state index in [9.17, 15) is 9.59 Å². The molecule has 1 unspecified atom stereocenters. The number of aryl methyl sites for hydroxylation is 2. The lowest BCUT2D eigenvalue weighted by Crippen LogP contribution is -2.47. The molecule has 0 saturated heterocycles. The number of aromatic nitrogens is 1. The second-order valence-corrected chi connectivity index (χ2v) is 5.94. The fourth-order valence-corrected chi connectivity index (χ4v) is 2.36. The van der Waals surface area contributed by atoms with E-state index in [4.69, 9.17) is 4.74 Å². The molecule has 20 heavy (non-hydrogen) atoms. The smallest absolute Gasteiger partial charge is 0.407 e. The van der Waals surface area contributed by atoms with Crippen molar-refractivity contribution in [1.29, 1.82) is 0 Å². The van der Waals surface area contributed by atoms with Crippen LogP contribution in [0.5, 0.6) is 0 Å². The van der Waals surface area contributed by atoms with Crippen molar-refractivity contribution in [3.05, 3.63) is 10.6 Å². The number of rotatable bonds is 5. The lowest BCUT2D eigenvalue weighted by atomic mass is 10.0. The maximum atomic E-state index is 12.2. The first-order valence-corrected chi connectivity index (χ1v) is 7.35. The molecule has 2 N–H and O–H groups in total. The van der Waals surface area contributed by atoms with Gasteiger partial charge in [-0.2, -0.15) is 0 Å². The Hall–Kier alpha value is -1.63. The van der Waals surface area contributed by atoms with E-state index in [2.05, 4.69) is 15.6 Å². The van der Waals surface area contributed by atoms with E-state index in [1.165, 1.54) is 11.3 Å². The summed E-state index contributed by atoms with van der Waals surface area (Å²) in [6.07, 6.45) is -0.590. The Balaban J connectivity index is 2.71. The van der Waals surface area contributed by atoms with Crippen LogP contribution in [0.3, 0.4) is 0 Å². The Morgan fingerprint density at radius 2 is 2.00 bits per heavy atom. The third-order valence-corrected chi connectivity index (χ3v) is 3.74. The predicted octanol–water partition coefficient (Wildman–Crippen LogP) is 2.47. The summed E-state index contributed by atoms with van der Waals surface area (Å²) in [7, 11) is 0. The van der Waals surface area contributed by atoms with E-state index >= 15 is 0 Å². The van der Waals surface area contributed by atoms with Crippen LogP contribution in [0.25, 0.3) is 0 Å². The minimum absolute atomic E-state index is 0.0541. The summed E-state index contributed by atoms with van der Waals surface area (Å²) < 4.78 is 4.80.